The molecule has 0 radical (unpaired) electrons. The van der Waals surface area contributed by atoms with Crippen molar-refractivity contribution in [3.8, 4) is 11.8 Å². The maximum Gasteiger partial charge on any atom is 0.119 e. The summed E-state index contributed by atoms with van der Waals surface area (Å²) in [5.41, 5.74) is 2.00. The maximum absolute atomic E-state index is 8.93. The molecule has 3 rings (SSSR count). The van der Waals surface area contributed by atoms with Crippen LogP contribution in [0.5, 0.6) is 5.75 Å². The number of nitrogens with zero attached hydrogens (tertiary/aromatic N) is 2. The standard InChI is InChI=1S/C21H24N2O/c1-17(20-11-9-18(14-22)10-12-20)23-13-5-6-19(15-23)16-24-21-7-3-2-4-8-21/h2-4,7-12,17,19H,5-6,13,15-16H2,1H3. The number of nitriles is 1. The second kappa shape index (κ2) is 7.99. The Labute approximate surface area is 144 Å². The number of hydrogen-bond donors (Lipinski definition) is 0. The van der Waals surface area contributed by atoms with Crippen LogP contribution < -0.4 is 4.74 Å². The summed E-state index contributed by atoms with van der Waals surface area (Å²) in [6.45, 7) is 5.22. The third-order valence-corrected chi connectivity index (χ3v) is 4.85. The Morgan fingerprint density at radius 1 is 1.17 bits per heavy atom. The highest BCUT2D eigenvalue weighted by Crippen LogP contribution is 2.27. The summed E-state index contributed by atoms with van der Waals surface area (Å²) in [5, 5.41) is 8.93. The quantitative estimate of drug-likeness (QED) is 0.818. The number of rotatable bonds is 5. The first-order valence-corrected chi connectivity index (χ1v) is 8.68. The van der Waals surface area contributed by atoms with E-state index in [9.17, 15) is 0 Å². The second-order valence-corrected chi connectivity index (χ2v) is 6.54. The molecular formula is C21H24N2O. The van der Waals surface area contributed by atoms with Gasteiger partial charge in [-0.25, -0.2) is 0 Å². The van der Waals surface area contributed by atoms with Crippen molar-refractivity contribution in [3.63, 3.8) is 0 Å². The summed E-state index contributed by atoms with van der Waals surface area (Å²) in [5.74, 6) is 1.52. The minimum absolute atomic E-state index is 0.372. The lowest BCUT2D eigenvalue weighted by atomic mass is 9.95. The molecule has 0 N–H and O–H groups in total. The van der Waals surface area contributed by atoms with Crippen LogP contribution in [-0.2, 0) is 0 Å². The Hall–Kier alpha value is -2.31. The predicted octanol–water partition coefficient (Wildman–Crippen LogP) is 4.41. The van der Waals surface area contributed by atoms with Crippen LogP contribution in [0, 0.1) is 17.2 Å². The summed E-state index contributed by atoms with van der Waals surface area (Å²) in [4.78, 5) is 2.53. The molecule has 2 aromatic carbocycles. The molecule has 0 amide bonds. The van der Waals surface area contributed by atoms with Crippen molar-refractivity contribution >= 4 is 0 Å². The van der Waals surface area contributed by atoms with Crippen LogP contribution in [0.4, 0.5) is 0 Å². The first-order chi connectivity index (χ1) is 11.8. The second-order valence-electron chi connectivity index (χ2n) is 6.54. The Balaban J connectivity index is 1.57. The topological polar surface area (TPSA) is 36.3 Å². The summed E-state index contributed by atoms with van der Waals surface area (Å²) >= 11 is 0. The van der Waals surface area contributed by atoms with Gasteiger partial charge in [-0.3, -0.25) is 4.90 Å². The largest absolute Gasteiger partial charge is 0.493 e. The Bertz CT molecular complexity index is 675. The van der Waals surface area contributed by atoms with Gasteiger partial charge in [-0.1, -0.05) is 30.3 Å². The first-order valence-electron chi connectivity index (χ1n) is 8.68. The van der Waals surface area contributed by atoms with Crippen molar-refractivity contribution in [1.29, 1.82) is 5.26 Å². The molecule has 0 spiro atoms. The Kier molecular flexibility index (Phi) is 5.51. The number of para-hydroxylation sites is 1. The zero-order valence-electron chi connectivity index (χ0n) is 14.2. The zero-order chi connectivity index (χ0) is 16.8. The van der Waals surface area contributed by atoms with Crippen LogP contribution in [-0.4, -0.2) is 24.6 Å². The van der Waals surface area contributed by atoms with E-state index in [-0.39, 0.29) is 0 Å². The number of likely N-dealkylation sites (tertiary alicyclic amines) is 1. The van der Waals surface area contributed by atoms with Crippen LogP contribution in [0.1, 0.15) is 36.9 Å². The maximum atomic E-state index is 8.93. The van der Waals surface area contributed by atoms with Gasteiger partial charge in [-0.15, -0.1) is 0 Å². The Morgan fingerprint density at radius 3 is 2.62 bits per heavy atom. The normalized spacial score (nSPS) is 19.4. The van der Waals surface area contributed by atoms with Crippen LogP contribution in [0.2, 0.25) is 0 Å². The minimum atomic E-state index is 0.372. The molecule has 2 unspecified atom stereocenters. The molecule has 0 aromatic heterocycles. The average Bonchev–Trinajstić information content (AvgIpc) is 2.67. The van der Waals surface area contributed by atoms with E-state index < -0.39 is 0 Å². The molecule has 1 aliphatic heterocycles. The van der Waals surface area contributed by atoms with Gasteiger partial charge in [0.1, 0.15) is 5.75 Å². The number of piperidine rings is 1. The van der Waals surface area contributed by atoms with Gasteiger partial charge >= 0.3 is 0 Å². The number of benzene rings is 2. The van der Waals surface area contributed by atoms with E-state index in [1.807, 2.05) is 42.5 Å². The highest BCUT2D eigenvalue weighted by Gasteiger charge is 2.24. The lowest BCUT2D eigenvalue weighted by molar-refractivity contribution is 0.101. The molecule has 1 aliphatic rings. The van der Waals surface area contributed by atoms with Crippen molar-refractivity contribution in [3.05, 3.63) is 65.7 Å². The molecule has 0 aliphatic carbocycles. The van der Waals surface area contributed by atoms with Gasteiger partial charge in [-0.05, 0) is 56.1 Å². The monoisotopic (exact) mass is 320 g/mol. The van der Waals surface area contributed by atoms with Crippen molar-refractivity contribution < 1.29 is 4.74 Å². The van der Waals surface area contributed by atoms with Crippen molar-refractivity contribution in [2.75, 3.05) is 19.7 Å². The van der Waals surface area contributed by atoms with E-state index in [0.717, 1.165) is 31.0 Å². The fraction of sp³-hybridized carbons (Fsp3) is 0.381. The highest BCUT2D eigenvalue weighted by atomic mass is 16.5. The van der Waals surface area contributed by atoms with Gasteiger partial charge in [-0.2, -0.15) is 5.26 Å². The Morgan fingerprint density at radius 2 is 1.92 bits per heavy atom. The molecule has 0 bridgehead atoms. The molecule has 0 saturated carbocycles. The molecular weight excluding hydrogens is 296 g/mol. The molecule has 1 saturated heterocycles. The first kappa shape index (κ1) is 16.5. The van der Waals surface area contributed by atoms with Gasteiger partial charge in [0.15, 0.2) is 0 Å². The molecule has 124 valence electrons. The fourth-order valence-electron chi connectivity index (χ4n) is 3.36. The number of hydrogen-bond acceptors (Lipinski definition) is 3. The highest BCUT2D eigenvalue weighted by molar-refractivity contribution is 5.32. The van der Waals surface area contributed by atoms with Gasteiger partial charge < -0.3 is 4.74 Å². The van der Waals surface area contributed by atoms with Gasteiger partial charge in [0.05, 0.1) is 18.2 Å². The average molecular weight is 320 g/mol. The van der Waals surface area contributed by atoms with Crippen molar-refractivity contribution in [2.24, 2.45) is 5.92 Å². The third-order valence-electron chi connectivity index (χ3n) is 4.85. The summed E-state index contributed by atoms with van der Waals surface area (Å²) in [7, 11) is 0. The van der Waals surface area contributed by atoms with E-state index in [1.165, 1.54) is 18.4 Å². The molecule has 1 fully saturated rings. The van der Waals surface area contributed by atoms with Crippen LogP contribution in [0.25, 0.3) is 0 Å². The SMILES string of the molecule is CC(c1ccc(C#N)cc1)N1CCCC(COc2ccccc2)C1. The zero-order valence-corrected chi connectivity index (χ0v) is 14.2. The smallest absolute Gasteiger partial charge is 0.119 e. The van der Waals surface area contributed by atoms with Gasteiger partial charge in [0, 0.05) is 18.5 Å². The fourth-order valence-corrected chi connectivity index (χ4v) is 3.36. The van der Waals surface area contributed by atoms with E-state index in [2.05, 4.69) is 30.0 Å². The predicted molar refractivity (Wildman–Crippen MR) is 95.8 cm³/mol. The van der Waals surface area contributed by atoms with Crippen LogP contribution in [0.3, 0.4) is 0 Å². The molecule has 3 nitrogen and oxygen atoms in total. The van der Waals surface area contributed by atoms with Crippen LogP contribution >= 0.6 is 0 Å². The molecule has 2 atom stereocenters. The van der Waals surface area contributed by atoms with E-state index in [1.54, 1.807) is 0 Å². The third kappa shape index (κ3) is 4.15. The van der Waals surface area contributed by atoms with Gasteiger partial charge in [0.2, 0.25) is 0 Å². The summed E-state index contributed by atoms with van der Waals surface area (Å²) < 4.78 is 5.95. The van der Waals surface area contributed by atoms with E-state index in [0.29, 0.717) is 12.0 Å². The minimum Gasteiger partial charge on any atom is -0.493 e. The number of ether oxygens (including phenoxy) is 1. The van der Waals surface area contributed by atoms with Crippen molar-refractivity contribution in [1.82, 2.24) is 4.90 Å². The lowest BCUT2D eigenvalue weighted by Gasteiger charge is -2.37. The summed E-state index contributed by atoms with van der Waals surface area (Å²) in [6.07, 6.45) is 2.44. The lowest BCUT2D eigenvalue weighted by Crippen LogP contribution is -2.39. The molecule has 3 heteroatoms. The summed E-state index contributed by atoms with van der Waals surface area (Å²) in [6, 6.07) is 20.6. The van der Waals surface area contributed by atoms with Gasteiger partial charge in [0.25, 0.3) is 0 Å². The molecule has 2 aromatic rings. The van der Waals surface area contributed by atoms with E-state index >= 15 is 0 Å². The molecule has 24 heavy (non-hydrogen) atoms. The van der Waals surface area contributed by atoms with E-state index in [4.69, 9.17) is 10.00 Å². The molecule has 1 heterocycles. The van der Waals surface area contributed by atoms with Crippen molar-refractivity contribution in [2.45, 2.75) is 25.8 Å². The van der Waals surface area contributed by atoms with Crippen LogP contribution in [0.15, 0.2) is 54.6 Å².